The van der Waals surface area contributed by atoms with E-state index in [-0.39, 0.29) is 6.67 Å². The maximum absolute atomic E-state index is 11.7. The first-order valence-corrected chi connectivity index (χ1v) is 5.48. The van der Waals surface area contributed by atoms with E-state index in [4.69, 9.17) is 5.73 Å². The Labute approximate surface area is 81.9 Å². The van der Waals surface area contributed by atoms with Gasteiger partial charge in [-0.05, 0) is 25.7 Å². The van der Waals surface area contributed by atoms with Gasteiger partial charge in [-0.3, -0.25) is 4.39 Å². The van der Waals surface area contributed by atoms with Gasteiger partial charge in [0.2, 0.25) is 0 Å². The van der Waals surface area contributed by atoms with Crippen molar-refractivity contribution >= 4 is 0 Å². The number of unbranched alkanes of at least 4 members (excludes halogenated alkanes) is 3. The highest BCUT2D eigenvalue weighted by Gasteiger charge is 2.04. The minimum absolute atomic E-state index is 0.157. The standard InChI is InChI=1S/C11H24FN/c1-10(9-11(2)13)7-5-3-4-6-8-12/h10-11H,3-9,13H2,1-2H3. The third kappa shape index (κ3) is 9.81. The molecule has 0 spiro atoms. The fourth-order valence-corrected chi connectivity index (χ4v) is 1.69. The quantitative estimate of drug-likeness (QED) is 0.583. The van der Waals surface area contributed by atoms with Crippen molar-refractivity contribution in [1.29, 1.82) is 0 Å². The summed E-state index contributed by atoms with van der Waals surface area (Å²) in [6.07, 6.45) is 6.54. The van der Waals surface area contributed by atoms with Crippen molar-refractivity contribution in [2.75, 3.05) is 6.67 Å². The van der Waals surface area contributed by atoms with Crippen LogP contribution in [0.4, 0.5) is 4.39 Å². The molecule has 0 fully saturated rings. The fraction of sp³-hybridized carbons (Fsp3) is 1.00. The zero-order chi connectivity index (χ0) is 10.1. The molecule has 2 heteroatoms. The predicted molar refractivity (Wildman–Crippen MR) is 56.5 cm³/mol. The Morgan fingerprint density at radius 2 is 1.69 bits per heavy atom. The predicted octanol–water partition coefficient (Wildman–Crippen LogP) is 3.28. The third-order valence-electron chi connectivity index (χ3n) is 2.35. The molecule has 0 aliphatic rings. The summed E-state index contributed by atoms with van der Waals surface area (Å²) in [4.78, 5) is 0. The topological polar surface area (TPSA) is 26.0 Å². The minimum atomic E-state index is -0.157. The number of alkyl halides is 1. The number of halogens is 1. The van der Waals surface area contributed by atoms with Crippen LogP contribution in [-0.2, 0) is 0 Å². The van der Waals surface area contributed by atoms with Crippen molar-refractivity contribution in [3.05, 3.63) is 0 Å². The van der Waals surface area contributed by atoms with Crippen LogP contribution in [0.2, 0.25) is 0 Å². The summed E-state index contributed by atoms with van der Waals surface area (Å²) in [6.45, 7) is 4.15. The highest BCUT2D eigenvalue weighted by atomic mass is 19.1. The summed E-state index contributed by atoms with van der Waals surface area (Å²) in [7, 11) is 0. The second kappa shape index (κ2) is 8.49. The van der Waals surface area contributed by atoms with Gasteiger partial charge >= 0.3 is 0 Å². The van der Waals surface area contributed by atoms with E-state index in [0.29, 0.717) is 6.04 Å². The van der Waals surface area contributed by atoms with Crippen molar-refractivity contribution in [3.8, 4) is 0 Å². The summed E-state index contributed by atoms with van der Waals surface area (Å²) in [5.74, 6) is 0.727. The van der Waals surface area contributed by atoms with E-state index in [9.17, 15) is 4.39 Å². The van der Waals surface area contributed by atoms with E-state index in [1.807, 2.05) is 0 Å². The van der Waals surface area contributed by atoms with E-state index >= 15 is 0 Å². The van der Waals surface area contributed by atoms with Gasteiger partial charge in [0.25, 0.3) is 0 Å². The zero-order valence-electron chi connectivity index (χ0n) is 9.06. The van der Waals surface area contributed by atoms with E-state index < -0.39 is 0 Å². The lowest BCUT2D eigenvalue weighted by molar-refractivity contribution is 0.414. The lowest BCUT2D eigenvalue weighted by atomic mass is 9.96. The Hall–Kier alpha value is -0.110. The Morgan fingerprint density at radius 1 is 1.08 bits per heavy atom. The van der Waals surface area contributed by atoms with Gasteiger partial charge in [-0.2, -0.15) is 0 Å². The summed E-state index contributed by atoms with van der Waals surface area (Å²) in [5.41, 5.74) is 5.70. The number of nitrogens with two attached hydrogens (primary N) is 1. The van der Waals surface area contributed by atoms with Crippen LogP contribution in [-0.4, -0.2) is 12.7 Å². The normalized spacial score (nSPS) is 15.7. The van der Waals surface area contributed by atoms with Crippen molar-refractivity contribution in [1.82, 2.24) is 0 Å². The molecule has 0 aliphatic carbocycles. The van der Waals surface area contributed by atoms with Crippen LogP contribution >= 0.6 is 0 Å². The van der Waals surface area contributed by atoms with Gasteiger partial charge in [0.1, 0.15) is 0 Å². The maximum Gasteiger partial charge on any atom is 0.0894 e. The molecule has 80 valence electrons. The van der Waals surface area contributed by atoms with Gasteiger partial charge in [0.05, 0.1) is 6.67 Å². The molecule has 2 N–H and O–H groups in total. The monoisotopic (exact) mass is 189 g/mol. The lowest BCUT2D eigenvalue weighted by Gasteiger charge is -2.13. The van der Waals surface area contributed by atoms with Gasteiger partial charge in [-0.25, -0.2) is 0 Å². The van der Waals surface area contributed by atoms with Gasteiger partial charge < -0.3 is 5.73 Å². The molecule has 0 aliphatic heterocycles. The molecule has 0 amide bonds. The van der Waals surface area contributed by atoms with Crippen LogP contribution in [0.5, 0.6) is 0 Å². The molecular weight excluding hydrogens is 165 g/mol. The Bertz CT molecular complexity index is 104. The van der Waals surface area contributed by atoms with E-state index in [0.717, 1.165) is 25.2 Å². The van der Waals surface area contributed by atoms with Crippen LogP contribution in [0.1, 0.15) is 52.4 Å². The highest BCUT2D eigenvalue weighted by Crippen LogP contribution is 2.14. The molecule has 13 heavy (non-hydrogen) atoms. The van der Waals surface area contributed by atoms with Gasteiger partial charge in [0, 0.05) is 6.04 Å². The summed E-state index contributed by atoms with van der Waals surface area (Å²) >= 11 is 0. The first-order chi connectivity index (χ1) is 6.16. The Balaban J connectivity index is 3.12. The van der Waals surface area contributed by atoms with E-state index in [2.05, 4.69) is 13.8 Å². The van der Waals surface area contributed by atoms with Crippen molar-refractivity contribution in [3.63, 3.8) is 0 Å². The molecule has 1 nitrogen and oxygen atoms in total. The van der Waals surface area contributed by atoms with Crippen LogP contribution in [0.15, 0.2) is 0 Å². The van der Waals surface area contributed by atoms with E-state index in [1.165, 1.54) is 19.3 Å². The number of hydrogen-bond acceptors (Lipinski definition) is 1. The van der Waals surface area contributed by atoms with Gasteiger partial charge in [0.15, 0.2) is 0 Å². The Morgan fingerprint density at radius 3 is 2.23 bits per heavy atom. The maximum atomic E-state index is 11.7. The van der Waals surface area contributed by atoms with Crippen LogP contribution < -0.4 is 5.73 Å². The fourth-order valence-electron chi connectivity index (χ4n) is 1.69. The smallest absolute Gasteiger partial charge is 0.0894 e. The second-order valence-electron chi connectivity index (χ2n) is 4.21. The van der Waals surface area contributed by atoms with Crippen molar-refractivity contribution in [2.45, 2.75) is 58.4 Å². The molecule has 0 heterocycles. The first kappa shape index (κ1) is 12.9. The molecule has 0 aromatic carbocycles. The van der Waals surface area contributed by atoms with E-state index in [1.54, 1.807) is 0 Å². The molecule has 0 aromatic heterocycles. The molecule has 0 radical (unpaired) electrons. The van der Waals surface area contributed by atoms with Crippen molar-refractivity contribution in [2.24, 2.45) is 11.7 Å². The van der Waals surface area contributed by atoms with Crippen LogP contribution in [0.3, 0.4) is 0 Å². The van der Waals surface area contributed by atoms with Crippen LogP contribution in [0.25, 0.3) is 0 Å². The molecule has 0 bridgehead atoms. The van der Waals surface area contributed by atoms with Gasteiger partial charge in [-0.15, -0.1) is 0 Å². The average molecular weight is 189 g/mol. The molecule has 0 aromatic rings. The zero-order valence-corrected chi connectivity index (χ0v) is 9.06. The molecular formula is C11H24FN. The molecule has 0 saturated carbocycles. The molecule has 0 saturated heterocycles. The molecule has 0 rings (SSSR count). The largest absolute Gasteiger partial charge is 0.328 e. The lowest BCUT2D eigenvalue weighted by Crippen LogP contribution is -2.18. The molecule has 2 atom stereocenters. The summed E-state index contributed by atoms with van der Waals surface area (Å²) in [5, 5.41) is 0. The highest BCUT2D eigenvalue weighted by molar-refractivity contribution is 4.60. The van der Waals surface area contributed by atoms with Crippen molar-refractivity contribution < 1.29 is 4.39 Å². The minimum Gasteiger partial charge on any atom is -0.328 e. The second-order valence-corrected chi connectivity index (χ2v) is 4.21. The molecule has 2 unspecified atom stereocenters. The SMILES string of the molecule is CC(N)CC(C)CCCCCCF. The first-order valence-electron chi connectivity index (χ1n) is 5.48. The summed E-state index contributed by atoms with van der Waals surface area (Å²) in [6, 6.07) is 0.320. The third-order valence-corrected chi connectivity index (χ3v) is 2.35. The Kier molecular flexibility index (Phi) is 8.41. The van der Waals surface area contributed by atoms with Gasteiger partial charge in [-0.1, -0.05) is 32.6 Å². The average Bonchev–Trinajstić information content (AvgIpc) is 2.02. The summed E-state index contributed by atoms with van der Waals surface area (Å²) < 4.78 is 11.7. The van der Waals surface area contributed by atoms with Crippen LogP contribution in [0, 0.1) is 5.92 Å². The number of hydrogen-bond donors (Lipinski definition) is 1. The number of rotatable bonds is 8.